The molecule has 0 aromatic heterocycles. The van der Waals surface area contributed by atoms with Crippen molar-refractivity contribution >= 4 is 11.6 Å². The van der Waals surface area contributed by atoms with E-state index in [1.54, 1.807) is 0 Å². The zero-order chi connectivity index (χ0) is 9.26. The summed E-state index contributed by atoms with van der Waals surface area (Å²) < 4.78 is 0. The Labute approximate surface area is 84.1 Å². The second kappa shape index (κ2) is 3.69. The van der Waals surface area contributed by atoms with Crippen LogP contribution in [-0.2, 0) is 6.42 Å². The van der Waals surface area contributed by atoms with Crippen molar-refractivity contribution < 1.29 is 0 Å². The molecule has 0 spiro atoms. The van der Waals surface area contributed by atoms with Crippen molar-refractivity contribution in [2.75, 3.05) is 6.54 Å². The van der Waals surface area contributed by atoms with E-state index in [9.17, 15) is 0 Å². The van der Waals surface area contributed by atoms with Crippen molar-refractivity contribution in [3.63, 3.8) is 0 Å². The number of halogens is 1. The Morgan fingerprint density at radius 2 is 2.31 bits per heavy atom. The van der Waals surface area contributed by atoms with Crippen molar-refractivity contribution in [2.45, 2.75) is 25.8 Å². The Balaban J connectivity index is 2.07. The molecule has 70 valence electrons. The maximum atomic E-state index is 6.04. The summed E-state index contributed by atoms with van der Waals surface area (Å²) in [5.74, 6) is 0. The van der Waals surface area contributed by atoms with Gasteiger partial charge in [-0.1, -0.05) is 23.7 Å². The van der Waals surface area contributed by atoms with Gasteiger partial charge in [-0.3, -0.25) is 0 Å². The molecule has 1 saturated heterocycles. The molecule has 13 heavy (non-hydrogen) atoms. The van der Waals surface area contributed by atoms with Gasteiger partial charge in [0.15, 0.2) is 0 Å². The molecule has 0 amide bonds. The second-order valence-corrected chi connectivity index (χ2v) is 4.13. The standard InChI is InChI=1S/C11H14ClN/c1-8-2-3-9(7-11(8)12)6-10-4-5-13-10/h2-3,7,10,13H,4-6H2,1H3. The summed E-state index contributed by atoms with van der Waals surface area (Å²) in [7, 11) is 0. The van der Waals surface area contributed by atoms with Gasteiger partial charge in [0.05, 0.1) is 0 Å². The Morgan fingerprint density at radius 3 is 2.85 bits per heavy atom. The molecule has 2 heteroatoms. The van der Waals surface area contributed by atoms with Crippen molar-refractivity contribution in [1.82, 2.24) is 5.32 Å². The molecular weight excluding hydrogens is 182 g/mol. The largest absolute Gasteiger partial charge is 0.314 e. The van der Waals surface area contributed by atoms with E-state index < -0.39 is 0 Å². The maximum absolute atomic E-state index is 6.04. The van der Waals surface area contributed by atoms with Gasteiger partial charge in [-0.25, -0.2) is 0 Å². The maximum Gasteiger partial charge on any atom is 0.0437 e. The summed E-state index contributed by atoms with van der Waals surface area (Å²) in [5, 5.41) is 4.27. The highest BCUT2D eigenvalue weighted by Gasteiger charge is 2.16. The molecule has 1 aliphatic heterocycles. The van der Waals surface area contributed by atoms with Crippen LogP contribution in [0.4, 0.5) is 0 Å². The van der Waals surface area contributed by atoms with E-state index >= 15 is 0 Å². The molecule has 0 saturated carbocycles. The number of hydrogen-bond acceptors (Lipinski definition) is 1. The van der Waals surface area contributed by atoms with Crippen molar-refractivity contribution in [3.05, 3.63) is 34.3 Å². The predicted molar refractivity (Wildman–Crippen MR) is 56.3 cm³/mol. The van der Waals surface area contributed by atoms with Gasteiger partial charge in [0.2, 0.25) is 0 Å². The lowest BCUT2D eigenvalue weighted by Crippen LogP contribution is -2.44. The molecule has 0 radical (unpaired) electrons. The SMILES string of the molecule is Cc1ccc(CC2CCN2)cc1Cl. The molecule has 1 aliphatic rings. The quantitative estimate of drug-likeness (QED) is 0.765. The fraction of sp³-hybridized carbons (Fsp3) is 0.455. The minimum absolute atomic E-state index is 0.679. The third-order valence-electron chi connectivity index (χ3n) is 2.64. The highest BCUT2D eigenvalue weighted by Crippen LogP contribution is 2.19. The third kappa shape index (κ3) is 2.04. The average Bonchev–Trinajstić information content (AvgIpc) is 2.04. The van der Waals surface area contributed by atoms with Crippen LogP contribution < -0.4 is 5.32 Å². The van der Waals surface area contributed by atoms with Crippen LogP contribution in [-0.4, -0.2) is 12.6 Å². The fourth-order valence-electron chi connectivity index (χ4n) is 1.57. The van der Waals surface area contributed by atoms with Gasteiger partial charge in [0.25, 0.3) is 0 Å². The molecule has 2 rings (SSSR count). The van der Waals surface area contributed by atoms with Crippen molar-refractivity contribution in [1.29, 1.82) is 0 Å². The Morgan fingerprint density at radius 1 is 1.54 bits per heavy atom. The summed E-state index contributed by atoms with van der Waals surface area (Å²) in [6.45, 7) is 3.21. The van der Waals surface area contributed by atoms with Gasteiger partial charge in [-0.15, -0.1) is 0 Å². The van der Waals surface area contributed by atoms with Gasteiger partial charge >= 0.3 is 0 Å². The van der Waals surface area contributed by atoms with Crippen LogP contribution in [0.2, 0.25) is 5.02 Å². The molecule has 1 heterocycles. The monoisotopic (exact) mass is 195 g/mol. The van der Waals surface area contributed by atoms with Crippen LogP contribution >= 0.6 is 11.6 Å². The molecular formula is C11H14ClN. The summed E-state index contributed by atoms with van der Waals surface area (Å²) in [4.78, 5) is 0. The fourth-order valence-corrected chi connectivity index (χ4v) is 1.77. The molecule has 1 unspecified atom stereocenters. The average molecular weight is 196 g/mol. The van der Waals surface area contributed by atoms with Crippen LogP contribution in [0.1, 0.15) is 17.5 Å². The summed E-state index contributed by atoms with van der Waals surface area (Å²) in [6.07, 6.45) is 2.41. The van der Waals surface area contributed by atoms with Crippen LogP contribution in [0.5, 0.6) is 0 Å². The van der Waals surface area contributed by atoms with Crippen LogP contribution in [0, 0.1) is 6.92 Å². The van der Waals surface area contributed by atoms with Gasteiger partial charge in [-0.2, -0.15) is 0 Å². The Bertz CT molecular complexity index is 305. The van der Waals surface area contributed by atoms with E-state index in [1.807, 2.05) is 6.92 Å². The number of hydrogen-bond donors (Lipinski definition) is 1. The molecule has 1 nitrogen and oxygen atoms in total. The Kier molecular flexibility index (Phi) is 2.56. The molecule has 1 N–H and O–H groups in total. The number of nitrogens with one attached hydrogen (secondary N) is 1. The van der Waals surface area contributed by atoms with Crippen molar-refractivity contribution in [3.8, 4) is 0 Å². The molecule has 0 bridgehead atoms. The van der Waals surface area contributed by atoms with Gasteiger partial charge in [0.1, 0.15) is 0 Å². The smallest absolute Gasteiger partial charge is 0.0437 e. The molecule has 0 aliphatic carbocycles. The lowest BCUT2D eigenvalue weighted by Gasteiger charge is -2.27. The summed E-state index contributed by atoms with van der Waals surface area (Å²) in [6, 6.07) is 7.02. The van der Waals surface area contributed by atoms with Crippen LogP contribution in [0.3, 0.4) is 0 Å². The first-order valence-corrected chi connectivity index (χ1v) is 5.12. The Hall–Kier alpha value is -0.530. The van der Waals surface area contributed by atoms with E-state index in [0.29, 0.717) is 6.04 Å². The first-order valence-electron chi connectivity index (χ1n) is 4.74. The van der Waals surface area contributed by atoms with Crippen molar-refractivity contribution in [2.24, 2.45) is 0 Å². The second-order valence-electron chi connectivity index (χ2n) is 3.73. The normalized spacial score (nSPS) is 21.2. The lowest BCUT2D eigenvalue weighted by atomic mass is 9.98. The molecule has 1 fully saturated rings. The minimum Gasteiger partial charge on any atom is -0.314 e. The van der Waals surface area contributed by atoms with Crippen LogP contribution in [0.15, 0.2) is 18.2 Å². The molecule has 1 atom stereocenters. The number of rotatable bonds is 2. The zero-order valence-corrected chi connectivity index (χ0v) is 8.56. The number of benzene rings is 1. The third-order valence-corrected chi connectivity index (χ3v) is 3.05. The minimum atomic E-state index is 0.679. The first-order chi connectivity index (χ1) is 6.25. The highest BCUT2D eigenvalue weighted by molar-refractivity contribution is 6.31. The summed E-state index contributed by atoms with van der Waals surface area (Å²) >= 11 is 6.04. The highest BCUT2D eigenvalue weighted by atomic mass is 35.5. The van der Waals surface area contributed by atoms with E-state index in [0.717, 1.165) is 17.0 Å². The lowest BCUT2D eigenvalue weighted by molar-refractivity contribution is 0.369. The van der Waals surface area contributed by atoms with Gasteiger partial charge in [-0.05, 0) is 43.5 Å². The zero-order valence-electron chi connectivity index (χ0n) is 7.81. The summed E-state index contributed by atoms with van der Waals surface area (Å²) in [5.41, 5.74) is 2.50. The number of aryl methyl sites for hydroxylation is 1. The van der Waals surface area contributed by atoms with E-state index in [4.69, 9.17) is 11.6 Å². The van der Waals surface area contributed by atoms with E-state index in [1.165, 1.54) is 18.5 Å². The van der Waals surface area contributed by atoms with Gasteiger partial charge in [0, 0.05) is 11.1 Å². The van der Waals surface area contributed by atoms with Gasteiger partial charge < -0.3 is 5.32 Å². The predicted octanol–water partition coefficient (Wildman–Crippen LogP) is 2.55. The topological polar surface area (TPSA) is 12.0 Å². The molecule has 1 aromatic carbocycles. The first kappa shape index (κ1) is 9.04. The van der Waals surface area contributed by atoms with E-state index in [2.05, 4.69) is 23.5 Å². The molecule has 1 aromatic rings. The van der Waals surface area contributed by atoms with E-state index in [-0.39, 0.29) is 0 Å². The van der Waals surface area contributed by atoms with Crippen LogP contribution in [0.25, 0.3) is 0 Å².